The van der Waals surface area contributed by atoms with E-state index in [0.29, 0.717) is 11.8 Å². The van der Waals surface area contributed by atoms with Gasteiger partial charge in [-0.1, -0.05) is 44.9 Å². The lowest BCUT2D eigenvalue weighted by Crippen LogP contribution is -2.43. The second-order valence-corrected chi connectivity index (χ2v) is 7.09. The lowest BCUT2D eigenvalue weighted by Gasteiger charge is -2.42. The first-order chi connectivity index (χ1) is 9.31. The predicted molar refractivity (Wildman–Crippen MR) is 88.2 cm³/mol. The maximum absolute atomic E-state index is 5.86. The highest BCUT2D eigenvalue weighted by atomic mass is 35.5. The Kier molecular flexibility index (Phi) is 9.78. The van der Waals surface area contributed by atoms with Gasteiger partial charge in [0, 0.05) is 25.2 Å². The van der Waals surface area contributed by atoms with Gasteiger partial charge in [-0.3, -0.25) is 0 Å². The molecule has 0 aromatic rings. The van der Waals surface area contributed by atoms with Gasteiger partial charge in [-0.15, -0.1) is 0 Å². The van der Waals surface area contributed by atoms with Gasteiger partial charge < -0.3 is 9.47 Å². The molecule has 0 saturated heterocycles. The largest absolute Gasteiger partial charge is 0.384 e. The van der Waals surface area contributed by atoms with Gasteiger partial charge in [-0.2, -0.15) is 0 Å². The summed E-state index contributed by atoms with van der Waals surface area (Å²) >= 11 is 5.84. The molecule has 0 N–H and O–H groups in total. The van der Waals surface area contributed by atoms with Crippen molar-refractivity contribution in [1.29, 1.82) is 0 Å². The summed E-state index contributed by atoms with van der Waals surface area (Å²) < 4.78 is 11.4. The molecular weight excluding hydrogens is 272 g/mol. The van der Waals surface area contributed by atoms with Crippen molar-refractivity contribution in [3.05, 3.63) is 11.1 Å². The van der Waals surface area contributed by atoms with Crippen LogP contribution in [0.15, 0.2) is 11.1 Å². The molecule has 0 bridgehead atoms. The monoisotopic (exact) mass is 304 g/mol. The number of methoxy groups -OCH3 is 2. The highest BCUT2D eigenvalue weighted by molar-refractivity contribution is 6.25. The van der Waals surface area contributed by atoms with Crippen molar-refractivity contribution in [3.63, 3.8) is 0 Å². The summed E-state index contributed by atoms with van der Waals surface area (Å²) in [5, 5.41) is 0. The van der Waals surface area contributed by atoms with Gasteiger partial charge in [0.15, 0.2) is 0 Å². The van der Waals surface area contributed by atoms with E-state index in [4.69, 9.17) is 21.1 Å². The zero-order valence-electron chi connectivity index (χ0n) is 14.3. The molecule has 0 amide bonds. The van der Waals surface area contributed by atoms with Crippen molar-refractivity contribution in [2.45, 2.75) is 60.0 Å². The Morgan fingerprint density at radius 2 is 1.60 bits per heavy atom. The van der Waals surface area contributed by atoms with Crippen LogP contribution in [0.2, 0.25) is 0 Å². The summed E-state index contributed by atoms with van der Waals surface area (Å²) in [6, 6.07) is 0. The maximum Gasteiger partial charge on any atom is 0.0687 e. The zero-order chi connectivity index (χ0) is 15.8. The van der Waals surface area contributed by atoms with Gasteiger partial charge in [0.1, 0.15) is 0 Å². The van der Waals surface area contributed by atoms with Crippen LogP contribution in [0.5, 0.6) is 0 Å². The zero-order valence-corrected chi connectivity index (χ0v) is 15.1. The molecule has 0 rings (SSSR count). The molecule has 0 radical (unpaired) electrons. The molecule has 0 aliphatic heterocycles. The molecule has 20 heavy (non-hydrogen) atoms. The van der Waals surface area contributed by atoms with Crippen LogP contribution in [0.3, 0.4) is 0 Å². The summed E-state index contributed by atoms with van der Waals surface area (Å²) in [6.07, 6.45) is 3.21. The van der Waals surface area contributed by atoms with E-state index < -0.39 is 0 Å². The third-order valence-electron chi connectivity index (χ3n) is 3.72. The minimum Gasteiger partial charge on any atom is -0.384 e. The first-order valence-electron chi connectivity index (χ1n) is 7.58. The van der Waals surface area contributed by atoms with Crippen LogP contribution in [-0.4, -0.2) is 26.9 Å². The summed E-state index contributed by atoms with van der Waals surface area (Å²) in [6.45, 7) is 11.9. The Hall–Kier alpha value is -0.0500. The fourth-order valence-corrected chi connectivity index (χ4v) is 3.45. The average Bonchev–Trinajstić information content (AvgIpc) is 2.33. The van der Waals surface area contributed by atoms with Crippen molar-refractivity contribution in [2.24, 2.45) is 17.3 Å². The first-order valence-corrected chi connectivity index (χ1v) is 8.02. The van der Waals surface area contributed by atoms with Crippen LogP contribution < -0.4 is 0 Å². The van der Waals surface area contributed by atoms with Gasteiger partial charge in [0.05, 0.1) is 12.7 Å². The van der Waals surface area contributed by atoms with E-state index in [2.05, 4.69) is 34.6 Å². The lowest BCUT2D eigenvalue weighted by atomic mass is 9.69. The molecular formula is C17H33ClO2. The lowest BCUT2D eigenvalue weighted by molar-refractivity contribution is -0.0764. The predicted octanol–water partition coefficient (Wildman–Crippen LogP) is 5.26. The van der Waals surface area contributed by atoms with Gasteiger partial charge in [0.2, 0.25) is 0 Å². The van der Waals surface area contributed by atoms with Crippen LogP contribution in [0.4, 0.5) is 0 Å². The molecule has 0 heterocycles. The molecule has 0 fully saturated rings. The smallest absolute Gasteiger partial charge is 0.0687 e. The Bertz CT molecular complexity index is 275. The second kappa shape index (κ2) is 9.81. The van der Waals surface area contributed by atoms with E-state index in [1.807, 2.05) is 0 Å². The van der Waals surface area contributed by atoms with E-state index in [-0.39, 0.29) is 11.5 Å². The Morgan fingerprint density at radius 1 is 1.10 bits per heavy atom. The quantitative estimate of drug-likeness (QED) is 0.548. The van der Waals surface area contributed by atoms with Crippen molar-refractivity contribution in [3.8, 4) is 0 Å². The number of ether oxygens (including phenoxy) is 2. The van der Waals surface area contributed by atoms with Gasteiger partial charge in [-0.25, -0.2) is 0 Å². The van der Waals surface area contributed by atoms with Crippen molar-refractivity contribution in [2.75, 3.05) is 20.8 Å². The Morgan fingerprint density at radius 3 is 1.90 bits per heavy atom. The van der Waals surface area contributed by atoms with Crippen molar-refractivity contribution >= 4 is 11.6 Å². The summed E-state index contributed by atoms with van der Waals surface area (Å²) in [5.74, 6) is 1.23. The molecule has 3 heteroatoms. The number of hydrogen-bond donors (Lipinski definition) is 0. The van der Waals surface area contributed by atoms with Crippen LogP contribution in [0.1, 0.15) is 53.9 Å². The molecule has 0 aliphatic carbocycles. The topological polar surface area (TPSA) is 18.5 Å². The standard InChI is InChI=1S/C17H33ClO2/c1-13(2)9-17(12-19-6,10-14(3)4)16(20-7)8-15(5)11-18/h11,13-14,16H,8-10,12H2,1-7H3. The van der Waals surface area contributed by atoms with Gasteiger partial charge >= 0.3 is 0 Å². The Balaban J connectivity index is 5.37. The minimum absolute atomic E-state index is 0.0486. The molecule has 120 valence electrons. The van der Waals surface area contributed by atoms with E-state index in [1.165, 1.54) is 0 Å². The molecule has 0 spiro atoms. The molecule has 2 nitrogen and oxygen atoms in total. The van der Waals surface area contributed by atoms with Crippen LogP contribution in [-0.2, 0) is 9.47 Å². The van der Waals surface area contributed by atoms with Crippen molar-refractivity contribution < 1.29 is 9.47 Å². The molecule has 1 unspecified atom stereocenters. The molecule has 0 aromatic carbocycles. The Labute approximate surface area is 130 Å². The third-order valence-corrected chi connectivity index (χ3v) is 4.10. The summed E-state index contributed by atoms with van der Waals surface area (Å²) in [4.78, 5) is 0. The highest BCUT2D eigenvalue weighted by Gasteiger charge is 2.40. The average molecular weight is 305 g/mol. The molecule has 0 saturated carbocycles. The van der Waals surface area contributed by atoms with Gasteiger partial charge in [-0.05, 0) is 38.0 Å². The summed E-state index contributed by atoms with van der Waals surface area (Å²) in [5.41, 5.74) is 2.87. The molecule has 0 aromatic heterocycles. The highest BCUT2D eigenvalue weighted by Crippen LogP contribution is 2.41. The van der Waals surface area contributed by atoms with Crippen molar-refractivity contribution in [1.82, 2.24) is 0 Å². The van der Waals surface area contributed by atoms with Crippen LogP contribution in [0.25, 0.3) is 0 Å². The molecule has 0 aliphatic rings. The minimum atomic E-state index is 0.0486. The fraction of sp³-hybridized carbons (Fsp3) is 0.882. The van der Waals surface area contributed by atoms with E-state index in [9.17, 15) is 0 Å². The third kappa shape index (κ3) is 6.60. The molecule has 1 atom stereocenters. The van der Waals surface area contributed by atoms with E-state index >= 15 is 0 Å². The maximum atomic E-state index is 5.86. The second-order valence-electron chi connectivity index (χ2n) is 6.88. The number of hydrogen-bond acceptors (Lipinski definition) is 2. The number of halogens is 1. The van der Waals surface area contributed by atoms with Gasteiger partial charge in [0.25, 0.3) is 0 Å². The fourth-order valence-electron chi connectivity index (χ4n) is 3.36. The first kappa shape index (κ1) is 19.9. The van der Waals surface area contributed by atoms with E-state index in [0.717, 1.165) is 31.4 Å². The van der Waals surface area contributed by atoms with Crippen LogP contribution >= 0.6 is 11.6 Å². The SMILES string of the molecule is COCC(CC(C)C)(CC(C)C)C(CC(C)=CCl)OC. The number of rotatable bonds is 10. The summed E-state index contributed by atoms with van der Waals surface area (Å²) in [7, 11) is 3.59. The van der Waals surface area contributed by atoms with E-state index in [1.54, 1.807) is 19.8 Å². The normalized spacial score (nSPS) is 15.2. The van der Waals surface area contributed by atoms with Crippen LogP contribution in [0, 0.1) is 17.3 Å².